The van der Waals surface area contributed by atoms with Crippen LogP contribution in [0, 0.1) is 17.0 Å². The van der Waals surface area contributed by atoms with Crippen LogP contribution < -0.4 is 5.32 Å². The van der Waals surface area contributed by atoms with Gasteiger partial charge in [0.2, 0.25) is 0 Å². The number of benzene rings is 1. The highest BCUT2D eigenvalue weighted by Gasteiger charge is 2.27. The topological polar surface area (TPSA) is 77.3 Å². The second-order valence-corrected chi connectivity index (χ2v) is 6.18. The van der Waals surface area contributed by atoms with Crippen molar-refractivity contribution in [2.45, 2.75) is 32.4 Å². The normalized spacial score (nSPS) is 22.3. The van der Waals surface area contributed by atoms with Crippen LogP contribution in [0.2, 0.25) is 0 Å². The summed E-state index contributed by atoms with van der Waals surface area (Å²) in [5.41, 5.74) is 1.42. The molecule has 106 valence electrons. The van der Waals surface area contributed by atoms with E-state index in [4.69, 9.17) is 4.74 Å². The molecule has 0 amide bonds. The number of ether oxygens (including phenoxy) is 1. The molecule has 6 nitrogen and oxygen atoms in total. The lowest BCUT2D eigenvalue weighted by atomic mass is 10.1. The maximum atomic E-state index is 11.2. The SMILES string of the molecule is Cc1nc2cc(NC3CCOC3C)c([N+](=O)[O-])cc2s1. The second kappa shape index (κ2) is 4.99. The molecule has 1 aliphatic heterocycles. The Labute approximate surface area is 119 Å². The summed E-state index contributed by atoms with van der Waals surface area (Å²) >= 11 is 1.47. The number of thiazole rings is 1. The van der Waals surface area contributed by atoms with Crippen LogP contribution >= 0.6 is 11.3 Å². The van der Waals surface area contributed by atoms with Gasteiger partial charge in [0.15, 0.2) is 0 Å². The fourth-order valence-electron chi connectivity index (χ4n) is 2.47. The first-order valence-corrected chi connectivity index (χ1v) is 7.30. The van der Waals surface area contributed by atoms with Crippen LogP contribution in [0.5, 0.6) is 0 Å². The average molecular weight is 293 g/mol. The number of aryl methyl sites for hydroxylation is 1. The van der Waals surface area contributed by atoms with Gasteiger partial charge in [0.05, 0.1) is 32.3 Å². The number of nitrogens with one attached hydrogen (secondary N) is 1. The molecule has 0 bridgehead atoms. The molecule has 2 aromatic rings. The standard InChI is InChI=1S/C13H15N3O3S/c1-7-9(3-4-19-7)15-10-5-11-13(20-8(2)14-11)6-12(10)16(17)18/h5-7,9,15H,3-4H2,1-2H3. The van der Waals surface area contributed by atoms with E-state index in [1.165, 1.54) is 11.3 Å². The highest BCUT2D eigenvalue weighted by atomic mass is 32.1. The summed E-state index contributed by atoms with van der Waals surface area (Å²) in [6, 6.07) is 3.47. The molecule has 0 spiro atoms. The Kier molecular flexibility index (Phi) is 3.31. The molecule has 1 fully saturated rings. The zero-order valence-electron chi connectivity index (χ0n) is 11.3. The first kappa shape index (κ1) is 13.3. The van der Waals surface area contributed by atoms with Gasteiger partial charge in [-0.05, 0) is 26.3 Å². The van der Waals surface area contributed by atoms with Gasteiger partial charge in [-0.2, -0.15) is 0 Å². The van der Waals surface area contributed by atoms with E-state index in [-0.39, 0.29) is 22.8 Å². The summed E-state index contributed by atoms with van der Waals surface area (Å²) in [6.45, 7) is 4.56. The third-order valence-corrected chi connectivity index (χ3v) is 4.46. The lowest BCUT2D eigenvalue weighted by molar-refractivity contribution is -0.383. The minimum Gasteiger partial charge on any atom is -0.376 e. The number of hydrogen-bond donors (Lipinski definition) is 1. The zero-order valence-corrected chi connectivity index (χ0v) is 12.1. The summed E-state index contributed by atoms with van der Waals surface area (Å²) in [5, 5.41) is 15.4. The van der Waals surface area contributed by atoms with Crippen molar-refractivity contribution in [1.82, 2.24) is 4.98 Å². The molecule has 1 aromatic heterocycles. The van der Waals surface area contributed by atoms with Crippen molar-refractivity contribution >= 4 is 32.9 Å². The third kappa shape index (κ3) is 2.34. The average Bonchev–Trinajstić information content (AvgIpc) is 2.93. The molecule has 1 saturated heterocycles. The molecular weight excluding hydrogens is 278 g/mol. The Morgan fingerprint density at radius 2 is 2.35 bits per heavy atom. The Balaban J connectivity index is 2.02. The first-order chi connectivity index (χ1) is 9.54. The van der Waals surface area contributed by atoms with Gasteiger partial charge in [0.25, 0.3) is 5.69 Å². The molecule has 1 aromatic carbocycles. The van der Waals surface area contributed by atoms with Crippen molar-refractivity contribution in [2.75, 3.05) is 11.9 Å². The van der Waals surface area contributed by atoms with Crippen LogP contribution in [0.15, 0.2) is 12.1 Å². The molecule has 0 radical (unpaired) electrons. The molecule has 1 aliphatic rings. The predicted octanol–water partition coefficient (Wildman–Crippen LogP) is 3.10. The van der Waals surface area contributed by atoms with Gasteiger partial charge >= 0.3 is 0 Å². The minimum atomic E-state index is -0.350. The van der Waals surface area contributed by atoms with Gasteiger partial charge < -0.3 is 10.1 Å². The number of aromatic nitrogens is 1. The summed E-state index contributed by atoms with van der Waals surface area (Å²) in [6.07, 6.45) is 0.911. The number of anilines is 1. The highest BCUT2D eigenvalue weighted by Crippen LogP contribution is 2.34. The molecule has 2 atom stereocenters. The van der Waals surface area contributed by atoms with Gasteiger partial charge in [-0.1, -0.05) is 0 Å². The van der Waals surface area contributed by atoms with E-state index in [1.54, 1.807) is 12.1 Å². The Bertz CT molecular complexity index is 670. The maximum absolute atomic E-state index is 11.2. The van der Waals surface area contributed by atoms with E-state index < -0.39 is 0 Å². The van der Waals surface area contributed by atoms with Crippen LogP contribution in [-0.4, -0.2) is 28.7 Å². The highest BCUT2D eigenvalue weighted by molar-refractivity contribution is 7.18. The number of nitro groups is 1. The predicted molar refractivity (Wildman–Crippen MR) is 78.5 cm³/mol. The summed E-state index contributed by atoms with van der Waals surface area (Å²) < 4.78 is 6.33. The van der Waals surface area contributed by atoms with Crippen molar-refractivity contribution in [2.24, 2.45) is 0 Å². The molecule has 0 saturated carbocycles. The van der Waals surface area contributed by atoms with E-state index in [0.717, 1.165) is 21.6 Å². The molecule has 2 heterocycles. The Hall–Kier alpha value is -1.73. The fourth-order valence-corrected chi connectivity index (χ4v) is 3.31. The quantitative estimate of drug-likeness (QED) is 0.695. The largest absolute Gasteiger partial charge is 0.376 e. The number of rotatable bonds is 3. The van der Waals surface area contributed by atoms with Crippen LogP contribution in [0.4, 0.5) is 11.4 Å². The van der Waals surface area contributed by atoms with Crippen molar-refractivity contribution in [3.63, 3.8) is 0 Å². The van der Waals surface area contributed by atoms with Crippen LogP contribution in [0.3, 0.4) is 0 Å². The van der Waals surface area contributed by atoms with Crippen molar-refractivity contribution < 1.29 is 9.66 Å². The van der Waals surface area contributed by atoms with Crippen molar-refractivity contribution in [3.05, 3.63) is 27.3 Å². The van der Waals surface area contributed by atoms with E-state index in [9.17, 15) is 10.1 Å². The molecule has 2 unspecified atom stereocenters. The zero-order chi connectivity index (χ0) is 14.3. The van der Waals surface area contributed by atoms with Gasteiger partial charge in [-0.3, -0.25) is 10.1 Å². The van der Waals surface area contributed by atoms with Crippen LogP contribution in [-0.2, 0) is 4.74 Å². The van der Waals surface area contributed by atoms with E-state index in [0.29, 0.717) is 12.3 Å². The molecule has 1 N–H and O–H groups in total. The Morgan fingerprint density at radius 3 is 3.00 bits per heavy atom. The smallest absolute Gasteiger partial charge is 0.293 e. The second-order valence-electron chi connectivity index (χ2n) is 4.94. The molecule has 0 aliphatic carbocycles. The molecule has 20 heavy (non-hydrogen) atoms. The molecule has 7 heteroatoms. The van der Waals surface area contributed by atoms with E-state index in [2.05, 4.69) is 10.3 Å². The summed E-state index contributed by atoms with van der Waals surface area (Å²) in [4.78, 5) is 15.3. The number of hydrogen-bond acceptors (Lipinski definition) is 6. The third-order valence-electron chi connectivity index (χ3n) is 3.53. The number of fused-ring (bicyclic) bond motifs is 1. The Morgan fingerprint density at radius 1 is 1.55 bits per heavy atom. The van der Waals surface area contributed by atoms with Gasteiger partial charge in [0.1, 0.15) is 5.69 Å². The number of nitrogens with zero attached hydrogens (tertiary/aromatic N) is 2. The lowest BCUT2D eigenvalue weighted by Crippen LogP contribution is -2.27. The van der Waals surface area contributed by atoms with Gasteiger partial charge in [0, 0.05) is 12.7 Å². The minimum absolute atomic E-state index is 0.0578. The van der Waals surface area contributed by atoms with Gasteiger partial charge in [-0.25, -0.2) is 4.98 Å². The van der Waals surface area contributed by atoms with Crippen LogP contribution in [0.25, 0.3) is 10.2 Å². The van der Waals surface area contributed by atoms with Crippen LogP contribution in [0.1, 0.15) is 18.4 Å². The first-order valence-electron chi connectivity index (χ1n) is 6.48. The number of nitro benzene ring substituents is 1. The van der Waals surface area contributed by atoms with E-state index >= 15 is 0 Å². The summed E-state index contributed by atoms with van der Waals surface area (Å²) in [7, 11) is 0. The molecule has 3 rings (SSSR count). The van der Waals surface area contributed by atoms with Crippen molar-refractivity contribution in [1.29, 1.82) is 0 Å². The van der Waals surface area contributed by atoms with E-state index in [1.807, 2.05) is 13.8 Å². The van der Waals surface area contributed by atoms with Crippen molar-refractivity contribution in [3.8, 4) is 0 Å². The fraction of sp³-hybridized carbons (Fsp3) is 0.462. The summed E-state index contributed by atoms with van der Waals surface area (Å²) in [5.74, 6) is 0. The van der Waals surface area contributed by atoms with Gasteiger partial charge in [-0.15, -0.1) is 11.3 Å². The lowest BCUT2D eigenvalue weighted by Gasteiger charge is -2.17. The maximum Gasteiger partial charge on any atom is 0.293 e. The monoisotopic (exact) mass is 293 g/mol. The molecular formula is C13H15N3O3S.